The summed E-state index contributed by atoms with van der Waals surface area (Å²) in [4.78, 5) is 29.2. The van der Waals surface area contributed by atoms with Gasteiger partial charge in [0, 0.05) is 43.9 Å². The SMILES string of the molecule is CN=C(N/C(C)=N/c1ncc(OC2=CCCC=C2)cc1Sc1ccccc1Cl)C1CCN(C(C)=O)CC1. The summed E-state index contributed by atoms with van der Waals surface area (Å²) >= 11 is 7.95. The maximum Gasteiger partial charge on any atom is 0.219 e. The molecule has 1 aromatic heterocycles. The number of carbonyl (C=O) groups is 1. The van der Waals surface area contributed by atoms with Gasteiger partial charge >= 0.3 is 0 Å². The second-order valence-electron chi connectivity index (χ2n) is 8.92. The van der Waals surface area contributed by atoms with Crippen LogP contribution in [-0.4, -0.2) is 47.6 Å². The molecule has 1 amide bonds. The summed E-state index contributed by atoms with van der Waals surface area (Å²) in [6.07, 6.45) is 11.6. The van der Waals surface area contributed by atoms with Crippen LogP contribution in [0.1, 0.15) is 39.5 Å². The molecule has 2 aromatic rings. The molecule has 2 heterocycles. The topological polar surface area (TPSA) is 79.2 Å². The lowest BCUT2D eigenvalue weighted by Crippen LogP contribution is -2.43. The number of pyridine rings is 1. The Morgan fingerprint density at radius 3 is 2.65 bits per heavy atom. The van der Waals surface area contributed by atoms with Crippen molar-refractivity contribution in [3.8, 4) is 5.75 Å². The number of piperidine rings is 1. The van der Waals surface area contributed by atoms with Gasteiger partial charge in [-0.1, -0.05) is 41.6 Å². The molecule has 0 unspecified atom stereocenters. The van der Waals surface area contributed by atoms with Crippen LogP contribution in [0.4, 0.5) is 5.82 Å². The summed E-state index contributed by atoms with van der Waals surface area (Å²) in [6, 6.07) is 9.65. The van der Waals surface area contributed by atoms with Crippen molar-refractivity contribution in [3.63, 3.8) is 0 Å². The zero-order valence-electron chi connectivity index (χ0n) is 21.4. The van der Waals surface area contributed by atoms with E-state index >= 15 is 0 Å². The predicted molar refractivity (Wildman–Crippen MR) is 151 cm³/mol. The Morgan fingerprint density at radius 2 is 1.97 bits per heavy atom. The van der Waals surface area contributed by atoms with Gasteiger partial charge in [0.25, 0.3) is 0 Å². The average Bonchev–Trinajstić information content (AvgIpc) is 2.90. The van der Waals surface area contributed by atoms with Crippen LogP contribution in [0.5, 0.6) is 5.75 Å². The molecule has 1 aliphatic heterocycles. The number of likely N-dealkylation sites (tertiary alicyclic amines) is 1. The van der Waals surface area contributed by atoms with Crippen LogP contribution in [-0.2, 0) is 4.79 Å². The number of allylic oxidation sites excluding steroid dienone is 3. The molecule has 37 heavy (non-hydrogen) atoms. The number of hydrogen-bond donors (Lipinski definition) is 1. The minimum absolute atomic E-state index is 0.122. The largest absolute Gasteiger partial charge is 0.456 e. The normalized spacial score (nSPS) is 17.0. The van der Waals surface area contributed by atoms with Crippen LogP contribution in [0, 0.1) is 5.92 Å². The Kier molecular flexibility index (Phi) is 9.41. The van der Waals surface area contributed by atoms with E-state index in [1.54, 1.807) is 20.2 Å². The van der Waals surface area contributed by atoms with Crippen LogP contribution in [0.25, 0.3) is 0 Å². The molecule has 1 N–H and O–H groups in total. The number of nitrogens with one attached hydrogen (secondary N) is 1. The number of carbonyl (C=O) groups excluding carboxylic acids is 1. The molecule has 194 valence electrons. The Balaban J connectivity index is 1.55. The predicted octanol–water partition coefficient (Wildman–Crippen LogP) is 6.43. The second kappa shape index (κ2) is 12.9. The smallest absolute Gasteiger partial charge is 0.219 e. The molecule has 2 aliphatic rings. The highest BCUT2D eigenvalue weighted by molar-refractivity contribution is 7.99. The number of aliphatic imine (C=N–C) groups is 2. The van der Waals surface area contributed by atoms with Gasteiger partial charge in [-0.25, -0.2) is 9.98 Å². The van der Waals surface area contributed by atoms with Crippen LogP contribution in [0.15, 0.2) is 80.3 Å². The van der Waals surface area contributed by atoms with E-state index in [4.69, 9.17) is 21.3 Å². The highest BCUT2D eigenvalue weighted by Gasteiger charge is 2.24. The third kappa shape index (κ3) is 7.46. The first kappa shape index (κ1) is 26.9. The fourth-order valence-corrected chi connectivity index (χ4v) is 5.43. The summed E-state index contributed by atoms with van der Waals surface area (Å²) in [6.45, 7) is 5.01. The standard InChI is InChI=1S/C28H32ClN5O2S/c1-19(32-27(30-3)21-13-15-34(16-14-21)20(2)35)33-28-26(37-25-12-8-7-11-24(25)29)17-23(18-31-28)36-22-9-5-4-6-10-22/h5,7-12,17-18,21H,4,6,13-16H2,1-3H3,(H,30,31,32,33). The van der Waals surface area contributed by atoms with Gasteiger partial charge in [0.15, 0.2) is 5.82 Å². The summed E-state index contributed by atoms with van der Waals surface area (Å²) in [5, 5.41) is 4.05. The Bertz CT molecular complexity index is 1250. The number of halogens is 1. The molecule has 7 nitrogen and oxygen atoms in total. The van der Waals surface area contributed by atoms with E-state index in [-0.39, 0.29) is 11.8 Å². The highest BCUT2D eigenvalue weighted by atomic mass is 35.5. The lowest BCUT2D eigenvalue weighted by Gasteiger charge is -2.32. The van der Waals surface area contributed by atoms with Crippen LogP contribution >= 0.6 is 23.4 Å². The molecular weight excluding hydrogens is 506 g/mol. The van der Waals surface area contributed by atoms with Gasteiger partial charge in [0.2, 0.25) is 5.91 Å². The molecule has 1 aromatic carbocycles. The summed E-state index contributed by atoms with van der Waals surface area (Å²) in [7, 11) is 1.78. The van der Waals surface area contributed by atoms with Crippen LogP contribution < -0.4 is 10.1 Å². The molecule has 0 bridgehead atoms. The van der Waals surface area contributed by atoms with Gasteiger partial charge in [0.05, 0.1) is 16.1 Å². The first-order chi connectivity index (χ1) is 17.9. The maximum atomic E-state index is 11.7. The van der Waals surface area contributed by atoms with Gasteiger partial charge in [-0.15, -0.1) is 0 Å². The number of ether oxygens (including phenoxy) is 1. The van der Waals surface area contributed by atoms with Gasteiger partial charge in [-0.2, -0.15) is 0 Å². The van der Waals surface area contributed by atoms with E-state index in [1.165, 1.54) is 11.8 Å². The van der Waals surface area contributed by atoms with Crippen LogP contribution in [0.3, 0.4) is 0 Å². The Labute approximate surface area is 227 Å². The molecule has 0 spiro atoms. The first-order valence-corrected chi connectivity index (χ1v) is 13.6. The number of rotatable bonds is 6. The lowest BCUT2D eigenvalue weighted by atomic mass is 9.95. The monoisotopic (exact) mass is 537 g/mol. The summed E-state index contributed by atoms with van der Waals surface area (Å²) < 4.78 is 6.06. The third-order valence-corrected chi connectivity index (χ3v) is 7.75. The van der Waals surface area contributed by atoms with Crippen molar-refractivity contribution < 1.29 is 9.53 Å². The molecule has 9 heteroatoms. The lowest BCUT2D eigenvalue weighted by molar-refractivity contribution is -0.129. The molecule has 1 saturated heterocycles. The molecule has 0 atom stereocenters. The zero-order valence-corrected chi connectivity index (χ0v) is 23.0. The minimum Gasteiger partial charge on any atom is -0.456 e. The van der Waals surface area contributed by atoms with Crippen LogP contribution in [0.2, 0.25) is 5.02 Å². The highest BCUT2D eigenvalue weighted by Crippen LogP contribution is 2.39. The fourth-order valence-electron chi connectivity index (χ4n) is 4.26. The Hall–Kier alpha value is -3.10. The van der Waals surface area contributed by atoms with Crippen molar-refractivity contribution in [1.29, 1.82) is 0 Å². The quantitative estimate of drug-likeness (QED) is 0.339. The molecule has 1 aliphatic carbocycles. The average molecular weight is 538 g/mol. The van der Waals surface area contributed by atoms with Crippen molar-refractivity contribution >= 4 is 46.8 Å². The molecule has 0 saturated carbocycles. The molecular formula is C28H32ClN5O2S. The van der Waals surface area contributed by atoms with Crippen molar-refractivity contribution in [2.75, 3.05) is 20.1 Å². The number of amidine groups is 2. The molecule has 0 radical (unpaired) electrons. The van der Waals surface area contributed by atoms with Crippen molar-refractivity contribution in [2.45, 2.75) is 49.3 Å². The first-order valence-electron chi connectivity index (χ1n) is 12.4. The number of amides is 1. The fraction of sp³-hybridized carbons (Fsp3) is 0.357. The Morgan fingerprint density at radius 1 is 1.19 bits per heavy atom. The molecule has 1 fully saturated rings. The van der Waals surface area contributed by atoms with E-state index in [0.717, 1.165) is 60.2 Å². The zero-order chi connectivity index (χ0) is 26.2. The number of nitrogens with zero attached hydrogens (tertiary/aromatic N) is 4. The van der Waals surface area contributed by atoms with Gasteiger partial charge in [-0.05, 0) is 56.9 Å². The number of aromatic nitrogens is 1. The number of hydrogen-bond acceptors (Lipinski definition) is 6. The number of benzene rings is 1. The van der Waals surface area contributed by atoms with Gasteiger partial charge < -0.3 is 15.0 Å². The maximum absolute atomic E-state index is 11.7. The van der Waals surface area contributed by atoms with Crippen molar-refractivity contribution in [3.05, 3.63) is 65.5 Å². The summed E-state index contributed by atoms with van der Waals surface area (Å²) in [5.74, 6) is 3.97. The van der Waals surface area contributed by atoms with E-state index in [1.807, 2.05) is 48.2 Å². The van der Waals surface area contributed by atoms with E-state index < -0.39 is 0 Å². The van der Waals surface area contributed by atoms with E-state index in [2.05, 4.69) is 27.4 Å². The molecule has 4 rings (SSSR count). The van der Waals surface area contributed by atoms with Gasteiger partial charge in [-0.3, -0.25) is 9.79 Å². The third-order valence-electron chi connectivity index (χ3n) is 6.21. The summed E-state index contributed by atoms with van der Waals surface area (Å²) in [5.41, 5.74) is 0. The van der Waals surface area contributed by atoms with Crippen molar-refractivity contribution in [1.82, 2.24) is 15.2 Å². The minimum atomic E-state index is 0.122. The van der Waals surface area contributed by atoms with Gasteiger partial charge in [0.1, 0.15) is 23.2 Å². The second-order valence-corrected chi connectivity index (χ2v) is 10.4. The van der Waals surface area contributed by atoms with Crippen molar-refractivity contribution in [2.24, 2.45) is 15.9 Å². The van der Waals surface area contributed by atoms with E-state index in [9.17, 15) is 4.79 Å². The van der Waals surface area contributed by atoms with E-state index in [0.29, 0.717) is 22.4 Å².